The van der Waals surface area contributed by atoms with Crippen molar-refractivity contribution in [3.8, 4) is 0 Å². The topological polar surface area (TPSA) is 69.2 Å². The largest absolute Gasteiger partial charge is 1.00 e. The molecule has 0 fully saturated rings. The molecular weight excluding hydrogens is 289 g/mol. The Bertz CT molecular complexity index is 395. The molecule has 0 aliphatic carbocycles. The summed E-state index contributed by atoms with van der Waals surface area (Å²) in [6, 6.07) is 4.44. The van der Waals surface area contributed by atoms with Gasteiger partial charge in [0.2, 0.25) is 5.91 Å². The van der Waals surface area contributed by atoms with Gasteiger partial charge in [-0.3, -0.25) is 4.79 Å². The quantitative estimate of drug-likeness (QED) is 0.628. The molecule has 15 heavy (non-hydrogen) atoms. The maximum atomic E-state index is 10.8. The third-order valence-corrected chi connectivity index (χ3v) is 2.01. The summed E-state index contributed by atoms with van der Waals surface area (Å²) in [6.07, 6.45) is 0. The number of rotatable bonds is 2. The summed E-state index contributed by atoms with van der Waals surface area (Å²) in [5, 5.41) is 13.0. The summed E-state index contributed by atoms with van der Waals surface area (Å²) in [6.45, 7) is 1.31. The summed E-state index contributed by atoms with van der Waals surface area (Å²) >= 11 is 3.17. The maximum absolute atomic E-state index is 10.8. The minimum Gasteiger partial charge on any atom is -0.545 e. The molecule has 1 rings (SSSR count). The zero-order chi connectivity index (χ0) is 10.7. The molecule has 1 N–H and O–H groups in total. The van der Waals surface area contributed by atoms with Gasteiger partial charge in [-0.1, -0.05) is 15.9 Å². The summed E-state index contributed by atoms with van der Waals surface area (Å²) in [4.78, 5) is 21.4. The summed E-state index contributed by atoms with van der Waals surface area (Å²) in [5.41, 5.74) is 0.190. The van der Waals surface area contributed by atoms with Gasteiger partial charge in [0.05, 0.1) is 11.7 Å². The molecule has 0 unspecified atom stereocenters. The Morgan fingerprint density at radius 3 is 2.47 bits per heavy atom. The van der Waals surface area contributed by atoms with Crippen molar-refractivity contribution in [2.24, 2.45) is 0 Å². The van der Waals surface area contributed by atoms with Crippen LogP contribution in [0.2, 0.25) is 0 Å². The molecule has 0 saturated heterocycles. The van der Waals surface area contributed by atoms with E-state index in [0.29, 0.717) is 4.47 Å². The van der Waals surface area contributed by atoms with Crippen LogP contribution in [0.1, 0.15) is 17.3 Å². The third-order valence-electron chi connectivity index (χ3n) is 1.51. The van der Waals surface area contributed by atoms with Gasteiger partial charge >= 0.3 is 51.4 Å². The minimum atomic E-state index is -1.32. The van der Waals surface area contributed by atoms with Gasteiger partial charge in [0.15, 0.2) is 0 Å². The van der Waals surface area contributed by atoms with E-state index in [-0.39, 0.29) is 68.5 Å². The van der Waals surface area contributed by atoms with Crippen LogP contribution in [0.15, 0.2) is 22.7 Å². The van der Waals surface area contributed by atoms with Crippen molar-refractivity contribution >= 4 is 33.5 Å². The molecule has 74 valence electrons. The second-order valence-electron chi connectivity index (χ2n) is 2.66. The zero-order valence-electron chi connectivity index (χ0n) is 8.33. The molecule has 0 aromatic heterocycles. The summed E-state index contributed by atoms with van der Waals surface area (Å²) in [7, 11) is 0. The van der Waals surface area contributed by atoms with Crippen LogP contribution in [0.5, 0.6) is 0 Å². The van der Waals surface area contributed by atoms with E-state index in [4.69, 9.17) is 0 Å². The van der Waals surface area contributed by atoms with E-state index in [9.17, 15) is 14.7 Å². The van der Waals surface area contributed by atoms with Crippen molar-refractivity contribution in [3.05, 3.63) is 28.2 Å². The van der Waals surface area contributed by atoms with Crippen molar-refractivity contribution < 1.29 is 66.1 Å². The predicted molar refractivity (Wildman–Crippen MR) is 52.8 cm³/mol. The molecule has 0 bridgehead atoms. The number of carbonyl (C=O) groups is 2. The fourth-order valence-corrected chi connectivity index (χ4v) is 1.35. The predicted octanol–water partition coefficient (Wildman–Crippen LogP) is -2.22. The van der Waals surface area contributed by atoms with E-state index >= 15 is 0 Å². The maximum Gasteiger partial charge on any atom is 1.00 e. The van der Waals surface area contributed by atoms with Gasteiger partial charge in [-0.15, -0.1) is 0 Å². The molecule has 0 aliphatic rings. The Hall–Kier alpha value is 0.276. The molecule has 1 aromatic carbocycles. The van der Waals surface area contributed by atoms with Gasteiger partial charge in [-0.05, 0) is 18.2 Å². The van der Waals surface area contributed by atoms with Crippen molar-refractivity contribution in [3.63, 3.8) is 0 Å². The number of carbonyl (C=O) groups excluding carboxylic acids is 2. The van der Waals surface area contributed by atoms with Gasteiger partial charge < -0.3 is 15.2 Å². The number of hydrogen-bond acceptors (Lipinski definition) is 3. The van der Waals surface area contributed by atoms with Gasteiger partial charge in [0.1, 0.15) is 0 Å². The molecule has 4 nitrogen and oxygen atoms in total. The van der Waals surface area contributed by atoms with E-state index in [1.54, 1.807) is 6.07 Å². The van der Waals surface area contributed by atoms with Crippen LogP contribution in [0, 0.1) is 0 Å². The number of anilines is 1. The van der Waals surface area contributed by atoms with Gasteiger partial charge in [0, 0.05) is 17.0 Å². The molecule has 0 radical (unpaired) electrons. The molecule has 0 aliphatic heterocycles. The number of benzene rings is 1. The first-order valence-electron chi connectivity index (χ1n) is 3.79. The summed E-state index contributed by atoms with van der Waals surface area (Å²) in [5.74, 6) is -1.65. The first-order valence-corrected chi connectivity index (χ1v) is 4.58. The Kier molecular flexibility index (Phi) is 6.90. The molecular formula is C9H7BrKNO3. The summed E-state index contributed by atoms with van der Waals surface area (Å²) < 4.78 is 0.686. The van der Waals surface area contributed by atoms with Gasteiger partial charge in [-0.25, -0.2) is 0 Å². The molecule has 0 spiro atoms. The van der Waals surface area contributed by atoms with Crippen LogP contribution < -0.4 is 61.8 Å². The molecule has 1 amide bonds. The number of hydrogen-bond donors (Lipinski definition) is 1. The van der Waals surface area contributed by atoms with E-state index in [1.165, 1.54) is 19.1 Å². The monoisotopic (exact) mass is 295 g/mol. The van der Waals surface area contributed by atoms with E-state index in [0.717, 1.165) is 0 Å². The van der Waals surface area contributed by atoms with Crippen LogP contribution >= 0.6 is 15.9 Å². The first-order chi connectivity index (χ1) is 6.50. The smallest absolute Gasteiger partial charge is 0.545 e. The van der Waals surface area contributed by atoms with Crippen LogP contribution in [0.4, 0.5) is 5.69 Å². The van der Waals surface area contributed by atoms with Gasteiger partial charge in [0.25, 0.3) is 0 Å². The molecule has 1 aromatic rings. The normalized spacial score (nSPS) is 8.93. The number of carboxylic acids is 1. The molecule has 0 atom stereocenters. The first kappa shape index (κ1) is 15.3. The molecule has 6 heteroatoms. The number of amides is 1. The van der Waals surface area contributed by atoms with E-state index in [1.807, 2.05) is 0 Å². The fourth-order valence-electron chi connectivity index (χ4n) is 0.988. The van der Waals surface area contributed by atoms with Crippen LogP contribution in [0.25, 0.3) is 0 Å². The van der Waals surface area contributed by atoms with Gasteiger partial charge in [-0.2, -0.15) is 0 Å². The van der Waals surface area contributed by atoms with Crippen molar-refractivity contribution in [1.29, 1.82) is 0 Å². The zero-order valence-corrected chi connectivity index (χ0v) is 13.0. The SMILES string of the molecule is CC(=O)Nc1cc(Br)ccc1C(=O)[O-].[K+]. The van der Waals surface area contributed by atoms with Crippen molar-refractivity contribution in [2.75, 3.05) is 5.32 Å². The fraction of sp³-hybridized carbons (Fsp3) is 0.111. The standard InChI is InChI=1S/C9H8BrNO3.K/c1-5(12)11-8-4-6(10)2-3-7(8)9(13)14;/h2-4H,1H3,(H,11,12)(H,13,14);/q;+1/p-1. The van der Waals surface area contributed by atoms with Crippen LogP contribution in [0.3, 0.4) is 0 Å². The Morgan fingerprint density at radius 2 is 2.00 bits per heavy atom. The number of aromatic carboxylic acids is 1. The second-order valence-corrected chi connectivity index (χ2v) is 3.57. The molecule has 0 heterocycles. The Morgan fingerprint density at radius 1 is 1.40 bits per heavy atom. The van der Waals surface area contributed by atoms with E-state index < -0.39 is 5.97 Å². The third kappa shape index (κ3) is 4.75. The van der Waals surface area contributed by atoms with Crippen LogP contribution in [-0.4, -0.2) is 11.9 Å². The average molecular weight is 296 g/mol. The average Bonchev–Trinajstić information content (AvgIpc) is 2.01. The van der Waals surface area contributed by atoms with E-state index in [2.05, 4.69) is 21.2 Å². The minimum absolute atomic E-state index is 0. The number of nitrogens with one attached hydrogen (secondary N) is 1. The second kappa shape index (κ2) is 6.77. The number of carboxylic acid groups (broad SMARTS) is 1. The van der Waals surface area contributed by atoms with Crippen molar-refractivity contribution in [2.45, 2.75) is 6.92 Å². The van der Waals surface area contributed by atoms with Crippen LogP contribution in [-0.2, 0) is 4.79 Å². The number of halogens is 1. The Labute approximate surface area is 138 Å². The molecule has 0 saturated carbocycles. The Balaban J connectivity index is 0.00000196. The van der Waals surface area contributed by atoms with Crippen molar-refractivity contribution in [1.82, 2.24) is 0 Å².